The summed E-state index contributed by atoms with van der Waals surface area (Å²) in [7, 11) is 0. The lowest BCUT2D eigenvalue weighted by Gasteiger charge is -2.08. The van der Waals surface area contributed by atoms with Gasteiger partial charge in [0.25, 0.3) is 11.8 Å². The first kappa shape index (κ1) is 20.3. The summed E-state index contributed by atoms with van der Waals surface area (Å²) in [5, 5.41) is 4.65. The van der Waals surface area contributed by atoms with Crippen LogP contribution < -0.4 is 20.3 Å². The molecular formula is C25H20N4O4. The second-order valence-corrected chi connectivity index (χ2v) is 7.52. The third-order valence-electron chi connectivity index (χ3n) is 5.20. The molecule has 8 heteroatoms. The number of hydrazine groups is 1. The largest absolute Gasteiger partial charge is 0.454 e. The summed E-state index contributed by atoms with van der Waals surface area (Å²) in [4.78, 5) is 25.6. The molecule has 0 saturated carbocycles. The zero-order valence-electron chi connectivity index (χ0n) is 17.7. The van der Waals surface area contributed by atoms with Crippen molar-refractivity contribution in [3.8, 4) is 28.4 Å². The topological polar surface area (TPSA) is 94.5 Å². The van der Waals surface area contributed by atoms with Crippen LogP contribution in [0, 0.1) is 6.92 Å². The van der Waals surface area contributed by atoms with Crippen LogP contribution in [0.15, 0.2) is 79.0 Å². The predicted molar refractivity (Wildman–Crippen MR) is 121 cm³/mol. The number of ether oxygens (including phenoxy) is 2. The van der Waals surface area contributed by atoms with E-state index in [1.54, 1.807) is 29.1 Å². The highest BCUT2D eigenvalue weighted by atomic mass is 16.7. The van der Waals surface area contributed by atoms with Crippen molar-refractivity contribution in [3.05, 3.63) is 95.7 Å². The molecule has 2 N–H and O–H groups in total. The second-order valence-electron chi connectivity index (χ2n) is 7.52. The van der Waals surface area contributed by atoms with E-state index in [2.05, 4.69) is 16.0 Å². The van der Waals surface area contributed by atoms with E-state index in [-0.39, 0.29) is 6.79 Å². The van der Waals surface area contributed by atoms with Crippen molar-refractivity contribution in [2.24, 2.45) is 0 Å². The Labute approximate surface area is 189 Å². The fourth-order valence-electron chi connectivity index (χ4n) is 3.55. The van der Waals surface area contributed by atoms with E-state index in [4.69, 9.17) is 9.47 Å². The number of carbonyl (C=O) groups is 2. The molecular weight excluding hydrogens is 420 g/mol. The van der Waals surface area contributed by atoms with Crippen LogP contribution in [0.25, 0.3) is 16.9 Å². The van der Waals surface area contributed by atoms with Crippen molar-refractivity contribution in [3.63, 3.8) is 0 Å². The maximum atomic E-state index is 13.1. The summed E-state index contributed by atoms with van der Waals surface area (Å²) in [5.41, 5.74) is 8.78. The molecule has 0 unspecified atom stereocenters. The van der Waals surface area contributed by atoms with E-state index in [0.29, 0.717) is 28.3 Å². The minimum Gasteiger partial charge on any atom is -0.454 e. The first-order valence-corrected chi connectivity index (χ1v) is 10.3. The van der Waals surface area contributed by atoms with Gasteiger partial charge in [0.2, 0.25) is 6.79 Å². The van der Waals surface area contributed by atoms with Crippen molar-refractivity contribution in [2.45, 2.75) is 6.92 Å². The molecule has 0 atom stereocenters. The van der Waals surface area contributed by atoms with Crippen molar-refractivity contribution in [1.29, 1.82) is 0 Å². The zero-order valence-corrected chi connectivity index (χ0v) is 17.7. The average molecular weight is 440 g/mol. The van der Waals surface area contributed by atoms with E-state index in [9.17, 15) is 9.59 Å². The summed E-state index contributed by atoms with van der Waals surface area (Å²) >= 11 is 0. The van der Waals surface area contributed by atoms with Crippen molar-refractivity contribution in [1.82, 2.24) is 20.6 Å². The molecule has 0 spiro atoms. The molecule has 1 aliphatic heterocycles. The normalized spacial score (nSPS) is 11.8. The van der Waals surface area contributed by atoms with Crippen LogP contribution in [-0.2, 0) is 0 Å². The summed E-state index contributed by atoms with van der Waals surface area (Å²) in [6.07, 6.45) is 1.65. The Kier molecular flexibility index (Phi) is 5.24. The van der Waals surface area contributed by atoms with Gasteiger partial charge in [0, 0.05) is 17.3 Å². The number of aryl methyl sites for hydroxylation is 1. The van der Waals surface area contributed by atoms with Crippen LogP contribution in [0.2, 0.25) is 0 Å². The van der Waals surface area contributed by atoms with Gasteiger partial charge in [-0.1, -0.05) is 42.0 Å². The number of hydrogen-bond donors (Lipinski definition) is 2. The van der Waals surface area contributed by atoms with Gasteiger partial charge < -0.3 is 9.47 Å². The van der Waals surface area contributed by atoms with Crippen LogP contribution >= 0.6 is 0 Å². The quantitative estimate of drug-likeness (QED) is 0.473. The van der Waals surface area contributed by atoms with Gasteiger partial charge in [-0.3, -0.25) is 20.4 Å². The van der Waals surface area contributed by atoms with Gasteiger partial charge in [-0.15, -0.1) is 0 Å². The third kappa shape index (κ3) is 4.14. The maximum absolute atomic E-state index is 13.1. The third-order valence-corrected chi connectivity index (χ3v) is 5.20. The number of rotatable bonds is 4. The van der Waals surface area contributed by atoms with Gasteiger partial charge in [0.1, 0.15) is 5.69 Å². The molecule has 5 rings (SSSR count). The number of fused-ring (bicyclic) bond motifs is 1. The van der Waals surface area contributed by atoms with Gasteiger partial charge >= 0.3 is 0 Å². The van der Waals surface area contributed by atoms with Crippen LogP contribution in [0.1, 0.15) is 26.3 Å². The molecule has 2 amide bonds. The first-order valence-electron chi connectivity index (χ1n) is 10.3. The molecule has 3 aromatic carbocycles. The van der Waals surface area contributed by atoms with E-state index >= 15 is 0 Å². The summed E-state index contributed by atoms with van der Waals surface area (Å²) in [6, 6.07) is 22.1. The minimum atomic E-state index is -0.484. The van der Waals surface area contributed by atoms with E-state index in [1.165, 1.54) is 0 Å². The van der Waals surface area contributed by atoms with Crippen molar-refractivity contribution >= 4 is 11.8 Å². The Morgan fingerprint density at radius 2 is 1.67 bits per heavy atom. The SMILES string of the molecule is Cc1cccc(-c2nn(-c3ccccc3)cc2C(=O)NNC(=O)c2ccc3c(c2)OCO3)c1. The molecule has 0 aliphatic carbocycles. The summed E-state index contributed by atoms with van der Waals surface area (Å²) < 4.78 is 12.2. The highest BCUT2D eigenvalue weighted by molar-refractivity contribution is 6.02. The van der Waals surface area contributed by atoms with Crippen LogP contribution in [0.3, 0.4) is 0 Å². The summed E-state index contributed by atoms with van der Waals surface area (Å²) in [6.45, 7) is 2.09. The lowest BCUT2D eigenvalue weighted by molar-refractivity contribution is 0.0847. The molecule has 1 aromatic heterocycles. The Balaban J connectivity index is 1.40. The molecule has 8 nitrogen and oxygen atoms in total. The Bertz CT molecular complexity index is 1350. The first-order chi connectivity index (χ1) is 16.1. The predicted octanol–water partition coefficient (Wildman–Crippen LogP) is 3.65. The Morgan fingerprint density at radius 1 is 0.879 bits per heavy atom. The number of nitrogens with one attached hydrogen (secondary N) is 2. The highest BCUT2D eigenvalue weighted by Gasteiger charge is 2.21. The highest BCUT2D eigenvalue weighted by Crippen LogP contribution is 2.32. The molecule has 1 aliphatic rings. The number of hydrogen-bond acceptors (Lipinski definition) is 5. The molecule has 0 saturated heterocycles. The van der Waals surface area contributed by atoms with Gasteiger partial charge in [-0.2, -0.15) is 5.10 Å². The smallest absolute Gasteiger partial charge is 0.273 e. The monoisotopic (exact) mass is 440 g/mol. The van der Waals surface area contributed by atoms with E-state index in [0.717, 1.165) is 16.8 Å². The van der Waals surface area contributed by atoms with E-state index in [1.807, 2.05) is 61.5 Å². The molecule has 0 radical (unpaired) electrons. The number of para-hydroxylation sites is 1. The van der Waals surface area contributed by atoms with Crippen molar-refractivity contribution in [2.75, 3.05) is 6.79 Å². The number of carbonyl (C=O) groups excluding carboxylic acids is 2. The van der Waals surface area contributed by atoms with E-state index < -0.39 is 11.8 Å². The maximum Gasteiger partial charge on any atom is 0.273 e. The van der Waals surface area contributed by atoms with Gasteiger partial charge in [-0.05, 0) is 43.3 Å². The second kappa shape index (κ2) is 8.51. The van der Waals surface area contributed by atoms with Crippen LogP contribution in [0.4, 0.5) is 0 Å². The molecule has 4 aromatic rings. The summed E-state index contributed by atoms with van der Waals surface area (Å²) in [5.74, 6) is 0.101. The number of nitrogens with zero attached hydrogens (tertiary/aromatic N) is 2. The average Bonchev–Trinajstić information content (AvgIpc) is 3.50. The lowest BCUT2D eigenvalue weighted by atomic mass is 10.1. The Hall–Kier alpha value is -4.59. The Morgan fingerprint density at radius 3 is 2.48 bits per heavy atom. The fraction of sp³-hybridized carbons (Fsp3) is 0.0800. The number of amides is 2. The van der Waals surface area contributed by atoms with Crippen molar-refractivity contribution < 1.29 is 19.1 Å². The number of benzene rings is 3. The molecule has 2 heterocycles. The standard InChI is InChI=1S/C25H20N4O4/c1-16-6-5-7-17(12-16)23-20(14-29(28-23)19-8-3-2-4-9-19)25(31)27-26-24(30)18-10-11-21-22(13-18)33-15-32-21/h2-14H,15H2,1H3,(H,26,30)(H,27,31). The van der Waals surface area contributed by atoms with Gasteiger partial charge in [-0.25, -0.2) is 4.68 Å². The number of aromatic nitrogens is 2. The lowest BCUT2D eigenvalue weighted by Crippen LogP contribution is -2.41. The molecule has 164 valence electrons. The van der Waals surface area contributed by atoms with Gasteiger partial charge in [0.05, 0.1) is 11.3 Å². The zero-order chi connectivity index (χ0) is 22.8. The molecule has 0 bridgehead atoms. The van der Waals surface area contributed by atoms with Crippen LogP contribution in [-0.4, -0.2) is 28.4 Å². The molecule has 33 heavy (non-hydrogen) atoms. The fourth-order valence-corrected chi connectivity index (χ4v) is 3.55. The van der Waals surface area contributed by atoms with Crippen LogP contribution in [0.5, 0.6) is 11.5 Å². The minimum absolute atomic E-state index is 0.115. The molecule has 0 fully saturated rings. The van der Waals surface area contributed by atoms with Gasteiger partial charge in [0.15, 0.2) is 11.5 Å².